The Kier molecular flexibility index (Phi) is 9.07. The molecule has 0 aliphatic heterocycles. The van der Waals surface area contributed by atoms with Crippen molar-refractivity contribution >= 4 is 0 Å². The van der Waals surface area contributed by atoms with Crippen LogP contribution in [0.3, 0.4) is 0 Å². The molecule has 0 spiro atoms. The maximum absolute atomic E-state index is 8.54. The SMILES string of the molecule is [O]=[Cr]([O-])[O-].[Zn+2]. The van der Waals surface area contributed by atoms with Gasteiger partial charge in [-0.1, -0.05) is 0 Å². The summed E-state index contributed by atoms with van der Waals surface area (Å²) < 4.78 is 25.6. The molecule has 3 nitrogen and oxygen atoms in total. The largest absolute Gasteiger partial charge is 2.00 e. The third-order valence-electron chi connectivity index (χ3n) is 0. The second-order valence-electron chi connectivity index (χ2n) is 0.204. The van der Waals surface area contributed by atoms with Crippen molar-refractivity contribution in [2.24, 2.45) is 0 Å². The molecule has 0 aliphatic carbocycles. The summed E-state index contributed by atoms with van der Waals surface area (Å²) in [5.74, 6) is 0. The molecule has 0 bridgehead atoms. The quantitative estimate of drug-likeness (QED) is 0.373. The molecular formula is CrO3Zn. The molecule has 5 heteroatoms. The van der Waals surface area contributed by atoms with Crippen LogP contribution in [-0.4, -0.2) is 0 Å². The fourth-order valence-corrected chi connectivity index (χ4v) is 0. The van der Waals surface area contributed by atoms with E-state index in [1.165, 1.54) is 0 Å². The van der Waals surface area contributed by atoms with E-state index in [-0.39, 0.29) is 19.5 Å². The number of rotatable bonds is 0. The van der Waals surface area contributed by atoms with E-state index in [1.54, 1.807) is 0 Å². The Labute approximate surface area is 46.6 Å². The van der Waals surface area contributed by atoms with Crippen molar-refractivity contribution < 1.29 is 46.3 Å². The minimum absolute atomic E-state index is 0. The smallest absolute Gasteiger partial charge is 2.00 e. The molecule has 0 N–H and O–H groups in total. The molecule has 0 saturated carbocycles. The molecule has 0 fully saturated rings. The molecule has 5 heavy (non-hydrogen) atoms. The summed E-state index contributed by atoms with van der Waals surface area (Å²) in [6.45, 7) is 0. The summed E-state index contributed by atoms with van der Waals surface area (Å²) >= 11 is -3.79. The first-order valence-corrected chi connectivity index (χ1v) is 2.06. The maximum Gasteiger partial charge on any atom is 2.00 e. The Morgan fingerprint density at radius 1 is 1.40 bits per heavy atom. The molecule has 26 valence electrons. The molecule has 0 amide bonds. The molecule has 0 saturated heterocycles. The zero-order valence-corrected chi connectivity index (χ0v) is 6.58. The van der Waals surface area contributed by atoms with Gasteiger partial charge in [0.1, 0.15) is 0 Å². The predicted molar refractivity (Wildman–Crippen MR) is 0.686 cm³/mol. The van der Waals surface area contributed by atoms with Crippen molar-refractivity contribution in [2.45, 2.75) is 0 Å². The van der Waals surface area contributed by atoms with Gasteiger partial charge >= 0.3 is 46.3 Å². The molecule has 0 radical (unpaired) electrons. The third kappa shape index (κ3) is 52.6. The molecule has 0 atom stereocenters. The van der Waals surface area contributed by atoms with E-state index in [1.807, 2.05) is 0 Å². The summed E-state index contributed by atoms with van der Waals surface area (Å²) in [6, 6.07) is 0. The van der Waals surface area contributed by atoms with Crippen molar-refractivity contribution in [3.8, 4) is 0 Å². The van der Waals surface area contributed by atoms with E-state index < -0.39 is 14.8 Å². The molecular weight excluding hydrogens is 165 g/mol. The van der Waals surface area contributed by atoms with Crippen LogP contribution in [0.5, 0.6) is 0 Å². The molecule has 0 unspecified atom stereocenters. The van der Waals surface area contributed by atoms with E-state index in [2.05, 4.69) is 0 Å². The minimum atomic E-state index is -3.79. The van der Waals surface area contributed by atoms with Crippen LogP contribution in [-0.2, 0) is 38.0 Å². The van der Waals surface area contributed by atoms with Gasteiger partial charge < -0.3 is 0 Å². The Balaban J connectivity index is 0. The fourth-order valence-electron chi connectivity index (χ4n) is 0. The van der Waals surface area contributed by atoms with E-state index in [0.717, 1.165) is 0 Å². The normalized spacial score (nSPS) is 7.00. The van der Waals surface area contributed by atoms with E-state index >= 15 is 0 Å². The van der Waals surface area contributed by atoms with Gasteiger partial charge in [0.2, 0.25) is 0 Å². The molecule has 0 aromatic rings. The Hall–Kier alpha value is 0.876. The van der Waals surface area contributed by atoms with E-state index in [0.29, 0.717) is 0 Å². The molecule has 0 aromatic heterocycles. The minimum Gasteiger partial charge on any atom is 2.00 e. The van der Waals surface area contributed by atoms with Gasteiger partial charge in [0.25, 0.3) is 0 Å². The van der Waals surface area contributed by atoms with E-state index in [4.69, 9.17) is 12.1 Å². The molecule has 0 aliphatic rings. The average Bonchev–Trinajstić information content (AvgIpc) is 0.811. The summed E-state index contributed by atoms with van der Waals surface area (Å²) in [5, 5.41) is 0. The van der Waals surface area contributed by atoms with Crippen LogP contribution in [0.4, 0.5) is 0 Å². The first-order chi connectivity index (χ1) is 1.73. The third-order valence-corrected chi connectivity index (χ3v) is 0. The second kappa shape index (κ2) is 4.88. The van der Waals surface area contributed by atoms with Gasteiger partial charge in [-0.2, -0.15) is 0 Å². The molecule has 0 rings (SSSR count). The summed E-state index contributed by atoms with van der Waals surface area (Å²) in [5.41, 5.74) is 0. The van der Waals surface area contributed by atoms with E-state index in [9.17, 15) is 0 Å². The maximum atomic E-state index is 8.54. The Bertz CT molecular complexity index is 29.9. The molecule has 0 heterocycles. The van der Waals surface area contributed by atoms with Crippen LogP contribution in [0.1, 0.15) is 0 Å². The number of hydrogen-bond donors (Lipinski definition) is 0. The van der Waals surface area contributed by atoms with Crippen LogP contribution in [0.2, 0.25) is 0 Å². The zero-order valence-electron chi connectivity index (χ0n) is 2.34. The van der Waals surface area contributed by atoms with Gasteiger partial charge in [-0.25, -0.2) is 0 Å². The van der Waals surface area contributed by atoms with Crippen LogP contribution < -0.4 is 8.32 Å². The predicted octanol–water partition coefficient (Wildman–Crippen LogP) is -2.50. The van der Waals surface area contributed by atoms with Gasteiger partial charge in [0.05, 0.1) is 0 Å². The number of hydrogen-bond acceptors (Lipinski definition) is 3. The fraction of sp³-hybridized carbons (Fsp3) is 0. The van der Waals surface area contributed by atoms with Crippen LogP contribution in [0.15, 0.2) is 0 Å². The van der Waals surface area contributed by atoms with Gasteiger partial charge in [0.15, 0.2) is 0 Å². The summed E-state index contributed by atoms with van der Waals surface area (Å²) in [4.78, 5) is 0. The Morgan fingerprint density at radius 3 is 1.40 bits per heavy atom. The van der Waals surface area contributed by atoms with Gasteiger partial charge in [-0.3, -0.25) is 0 Å². The van der Waals surface area contributed by atoms with Gasteiger partial charge in [0, 0.05) is 0 Å². The van der Waals surface area contributed by atoms with Crippen LogP contribution >= 0.6 is 0 Å². The second-order valence-corrected chi connectivity index (χ2v) is 0.842. The van der Waals surface area contributed by atoms with Crippen molar-refractivity contribution in [1.82, 2.24) is 0 Å². The standard InChI is InChI=1S/Cr.3O.Zn/q;;2*-1;+2. The van der Waals surface area contributed by atoms with Gasteiger partial charge in [-0.15, -0.1) is 0 Å². The van der Waals surface area contributed by atoms with Crippen molar-refractivity contribution in [2.75, 3.05) is 0 Å². The average molecular weight is 165 g/mol. The first kappa shape index (κ1) is 9.30. The first-order valence-electron chi connectivity index (χ1n) is 0.500. The van der Waals surface area contributed by atoms with Crippen molar-refractivity contribution in [1.29, 1.82) is 0 Å². The zero-order chi connectivity index (χ0) is 3.58. The van der Waals surface area contributed by atoms with Crippen molar-refractivity contribution in [3.63, 3.8) is 0 Å². The Morgan fingerprint density at radius 2 is 1.40 bits per heavy atom. The summed E-state index contributed by atoms with van der Waals surface area (Å²) in [7, 11) is 0. The van der Waals surface area contributed by atoms with Crippen LogP contribution in [0.25, 0.3) is 0 Å². The molecule has 0 aromatic carbocycles. The van der Waals surface area contributed by atoms with Crippen molar-refractivity contribution in [3.05, 3.63) is 0 Å². The van der Waals surface area contributed by atoms with Crippen LogP contribution in [0, 0.1) is 0 Å². The monoisotopic (exact) mass is 164 g/mol. The summed E-state index contributed by atoms with van der Waals surface area (Å²) in [6.07, 6.45) is 0. The van der Waals surface area contributed by atoms with Gasteiger partial charge in [-0.05, 0) is 0 Å². The topological polar surface area (TPSA) is 63.2 Å².